The van der Waals surface area contributed by atoms with E-state index >= 15 is 0 Å². The topological polar surface area (TPSA) is 38.3 Å². The van der Waals surface area contributed by atoms with E-state index in [1.54, 1.807) is 0 Å². The molecule has 0 saturated heterocycles. The second kappa shape index (κ2) is 6.13. The van der Waals surface area contributed by atoms with Gasteiger partial charge in [-0.05, 0) is 36.4 Å². The summed E-state index contributed by atoms with van der Waals surface area (Å²) in [4.78, 5) is 0. The van der Waals surface area contributed by atoms with Crippen molar-refractivity contribution in [1.29, 1.82) is 0 Å². The molecule has 0 unspecified atom stereocenters. The van der Waals surface area contributed by atoms with Gasteiger partial charge >= 0.3 is 0 Å². The van der Waals surface area contributed by atoms with Crippen LogP contribution < -0.4 is 5.32 Å². The molecule has 7 aromatic rings. The van der Waals surface area contributed by atoms with Crippen LogP contribution in [-0.4, -0.2) is 0 Å². The number of hydrogen-bond donors (Lipinski definition) is 1. The van der Waals surface area contributed by atoms with Crippen LogP contribution >= 0.6 is 0 Å². The summed E-state index contributed by atoms with van der Waals surface area (Å²) in [6.07, 6.45) is 0. The lowest BCUT2D eigenvalue weighted by Gasteiger charge is -2.11. The Morgan fingerprint density at radius 2 is 1.06 bits per heavy atom. The summed E-state index contributed by atoms with van der Waals surface area (Å²) in [5.74, 6) is 0. The van der Waals surface area contributed by atoms with Crippen LogP contribution in [0.15, 0.2) is 106 Å². The Balaban J connectivity index is 1.46. The second-order valence-electron chi connectivity index (χ2n) is 7.88. The summed E-state index contributed by atoms with van der Waals surface area (Å²) < 4.78 is 12.2. The molecule has 0 bridgehead atoms. The van der Waals surface area contributed by atoms with Crippen molar-refractivity contribution in [2.24, 2.45) is 0 Å². The lowest BCUT2D eigenvalue weighted by molar-refractivity contribution is 0.669. The predicted molar refractivity (Wildman–Crippen MR) is 128 cm³/mol. The molecule has 146 valence electrons. The fourth-order valence-electron chi connectivity index (χ4n) is 4.61. The van der Waals surface area contributed by atoms with Crippen molar-refractivity contribution in [2.45, 2.75) is 0 Å². The van der Waals surface area contributed by atoms with Crippen LogP contribution in [0.2, 0.25) is 0 Å². The van der Waals surface area contributed by atoms with Crippen molar-refractivity contribution in [1.82, 2.24) is 0 Å². The molecular formula is C28H17NO2. The molecule has 2 aromatic heterocycles. The Kier molecular flexibility index (Phi) is 3.27. The number of benzene rings is 5. The maximum Gasteiger partial charge on any atom is 0.143 e. The summed E-state index contributed by atoms with van der Waals surface area (Å²) in [5.41, 5.74) is 5.72. The third kappa shape index (κ3) is 2.41. The molecule has 1 N–H and O–H groups in total. The van der Waals surface area contributed by atoms with E-state index < -0.39 is 0 Å². The monoisotopic (exact) mass is 399 g/mol. The first kappa shape index (κ1) is 16.5. The van der Waals surface area contributed by atoms with Gasteiger partial charge in [-0.15, -0.1) is 0 Å². The lowest BCUT2D eigenvalue weighted by Crippen LogP contribution is -1.92. The highest BCUT2D eigenvalue weighted by molar-refractivity contribution is 6.19. The van der Waals surface area contributed by atoms with E-state index in [0.717, 1.165) is 66.0 Å². The van der Waals surface area contributed by atoms with Crippen molar-refractivity contribution in [3.8, 4) is 0 Å². The summed E-state index contributed by atoms with van der Waals surface area (Å²) >= 11 is 0. The smallest absolute Gasteiger partial charge is 0.143 e. The van der Waals surface area contributed by atoms with E-state index in [1.165, 1.54) is 0 Å². The quantitative estimate of drug-likeness (QED) is 0.317. The highest BCUT2D eigenvalue weighted by atomic mass is 16.3. The van der Waals surface area contributed by atoms with Crippen molar-refractivity contribution in [3.05, 3.63) is 97.1 Å². The maximum atomic E-state index is 6.23. The lowest BCUT2D eigenvalue weighted by atomic mass is 10.0. The standard InChI is InChI=1S/C28H17NO2/c1-2-10-21-18(7-1)24(16-23-20-9-4-6-12-26(20)31-28(21)23)29-17-13-14-27-22(15-17)19-8-3-5-11-25(19)30-27/h1-16,29H. The number of nitrogens with one attached hydrogen (secondary N) is 1. The molecule has 0 spiro atoms. The van der Waals surface area contributed by atoms with Crippen LogP contribution in [0.4, 0.5) is 11.4 Å². The highest BCUT2D eigenvalue weighted by Crippen LogP contribution is 2.39. The zero-order chi connectivity index (χ0) is 20.4. The Labute approximate surface area is 177 Å². The van der Waals surface area contributed by atoms with Crippen molar-refractivity contribution in [2.75, 3.05) is 5.32 Å². The van der Waals surface area contributed by atoms with E-state index in [2.05, 4.69) is 66.0 Å². The highest BCUT2D eigenvalue weighted by Gasteiger charge is 2.14. The number of furan rings is 2. The van der Waals surface area contributed by atoms with Crippen LogP contribution in [0, 0.1) is 0 Å². The van der Waals surface area contributed by atoms with E-state index in [0.29, 0.717) is 0 Å². The molecule has 0 radical (unpaired) electrons. The van der Waals surface area contributed by atoms with Gasteiger partial charge in [-0.2, -0.15) is 0 Å². The first-order valence-corrected chi connectivity index (χ1v) is 10.4. The molecular weight excluding hydrogens is 382 g/mol. The molecule has 3 nitrogen and oxygen atoms in total. The molecule has 7 rings (SSSR count). The zero-order valence-corrected chi connectivity index (χ0v) is 16.6. The molecule has 0 aliphatic rings. The molecule has 0 aliphatic carbocycles. The van der Waals surface area contributed by atoms with E-state index in [4.69, 9.17) is 8.83 Å². The molecule has 0 saturated carbocycles. The molecule has 0 amide bonds. The van der Waals surface area contributed by atoms with Gasteiger partial charge in [-0.25, -0.2) is 0 Å². The van der Waals surface area contributed by atoms with Gasteiger partial charge in [-0.3, -0.25) is 0 Å². The van der Waals surface area contributed by atoms with Gasteiger partial charge in [0, 0.05) is 43.7 Å². The summed E-state index contributed by atoms with van der Waals surface area (Å²) in [5, 5.41) is 10.4. The summed E-state index contributed by atoms with van der Waals surface area (Å²) in [7, 11) is 0. The van der Waals surface area contributed by atoms with E-state index in [1.807, 2.05) is 36.4 Å². The molecule has 31 heavy (non-hydrogen) atoms. The van der Waals surface area contributed by atoms with Gasteiger partial charge < -0.3 is 14.2 Å². The fraction of sp³-hybridized carbons (Fsp3) is 0. The molecule has 0 aliphatic heterocycles. The fourth-order valence-corrected chi connectivity index (χ4v) is 4.61. The normalized spacial score (nSPS) is 11.9. The molecule has 0 atom stereocenters. The van der Waals surface area contributed by atoms with Crippen LogP contribution in [0.25, 0.3) is 54.6 Å². The third-order valence-corrected chi connectivity index (χ3v) is 6.04. The Morgan fingerprint density at radius 3 is 1.87 bits per heavy atom. The van der Waals surface area contributed by atoms with E-state index in [-0.39, 0.29) is 0 Å². The van der Waals surface area contributed by atoms with Crippen LogP contribution in [-0.2, 0) is 0 Å². The Bertz CT molecular complexity index is 1770. The van der Waals surface area contributed by atoms with Crippen molar-refractivity contribution in [3.63, 3.8) is 0 Å². The number of hydrogen-bond acceptors (Lipinski definition) is 3. The summed E-state index contributed by atoms with van der Waals surface area (Å²) in [6, 6.07) is 33.2. The Morgan fingerprint density at radius 1 is 0.452 bits per heavy atom. The van der Waals surface area contributed by atoms with Gasteiger partial charge in [0.05, 0.1) is 0 Å². The van der Waals surface area contributed by atoms with Crippen LogP contribution in [0.1, 0.15) is 0 Å². The second-order valence-corrected chi connectivity index (χ2v) is 7.88. The van der Waals surface area contributed by atoms with Crippen molar-refractivity contribution < 1.29 is 8.83 Å². The minimum atomic E-state index is 0.896. The Hall–Kier alpha value is -4.24. The van der Waals surface area contributed by atoms with Gasteiger partial charge in [0.15, 0.2) is 0 Å². The molecule has 2 heterocycles. The van der Waals surface area contributed by atoms with Crippen LogP contribution in [0.5, 0.6) is 0 Å². The van der Waals surface area contributed by atoms with Crippen LogP contribution in [0.3, 0.4) is 0 Å². The number of anilines is 2. The van der Waals surface area contributed by atoms with Gasteiger partial charge in [0.1, 0.15) is 22.3 Å². The summed E-state index contributed by atoms with van der Waals surface area (Å²) in [6.45, 7) is 0. The maximum absolute atomic E-state index is 6.23. The van der Waals surface area contributed by atoms with Gasteiger partial charge in [0.25, 0.3) is 0 Å². The molecule has 0 fully saturated rings. The minimum Gasteiger partial charge on any atom is -0.456 e. The molecule has 5 aromatic carbocycles. The first-order valence-electron chi connectivity index (χ1n) is 10.4. The third-order valence-electron chi connectivity index (χ3n) is 6.04. The zero-order valence-electron chi connectivity index (χ0n) is 16.6. The number of para-hydroxylation sites is 2. The largest absolute Gasteiger partial charge is 0.456 e. The van der Waals surface area contributed by atoms with Gasteiger partial charge in [0.2, 0.25) is 0 Å². The van der Waals surface area contributed by atoms with Crippen molar-refractivity contribution >= 4 is 66.0 Å². The average Bonchev–Trinajstić information content (AvgIpc) is 3.38. The number of rotatable bonds is 2. The first-order chi connectivity index (χ1) is 15.3. The SMILES string of the molecule is c1ccc2c(c1)oc1ccc(Nc3cc4c5ccccc5oc4c4ccccc34)cc12. The average molecular weight is 399 g/mol. The predicted octanol–water partition coefficient (Wildman–Crippen LogP) is 8.38. The van der Waals surface area contributed by atoms with Gasteiger partial charge in [-0.1, -0.05) is 60.7 Å². The van der Waals surface area contributed by atoms with E-state index in [9.17, 15) is 0 Å². The molecule has 3 heteroatoms. The number of fused-ring (bicyclic) bond motifs is 8. The minimum absolute atomic E-state index is 0.896.